The van der Waals surface area contributed by atoms with E-state index in [4.69, 9.17) is 5.73 Å². The molecule has 1 aromatic heterocycles. The molecule has 1 fully saturated rings. The Hall–Kier alpha value is -2.45. The zero-order chi connectivity index (χ0) is 20.1. The lowest BCUT2D eigenvalue weighted by atomic mass is 10.0. The molecule has 1 aliphatic rings. The van der Waals surface area contributed by atoms with Crippen LogP contribution in [0.4, 0.5) is 4.39 Å². The summed E-state index contributed by atoms with van der Waals surface area (Å²) in [5, 5.41) is 7.19. The maximum Gasteiger partial charge on any atom is 0.257 e. The third-order valence-electron chi connectivity index (χ3n) is 5.11. The van der Waals surface area contributed by atoms with Gasteiger partial charge in [-0.05, 0) is 50.5 Å². The molecule has 1 aliphatic heterocycles. The van der Waals surface area contributed by atoms with Crippen LogP contribution in [0.15, 0.2) is 30.5 Å². The number of nitrogens with two attached hydrogens (primary N) is 1. The first kappa shape index (κ1) is 22.8. The summed E-state index contributed by atoms with van der Waals surface area (Å²) in [7, 11) is 0. The van der Waals surface area contributed by atoms with E-state index in [1.807, 2.05) is 11.8 Å². The van der Waals surface area contributed by atoms with Crippen LogP contribution in [0.1, 0.15) is 41.7 Å². The summed E-state index contributed by atoms with van der Waals surface area (Å²) in [5.74, 6) is -0.512. The maximum atomic E-state index is 13.2. The Balaban J connectivity index is 0.00000300. The van der Waals surface area contributed by atoms with Crippen LogP contribution in [-0.2, 0) is 4.79 Å². The average Bonchev–Trinajstić information content (AvgIpc) is 3.08. The molecule has 0 saturated carbocycles. The number of rotatable bonds is 6. The summed E-state index contributed by atoms with van der Waals surface area (Å²) in [6.45, 7) is 3.21. The second-order valence-corrected chi connectivity index (χ2v) is 7.02. The molecule has 0 aliphatic carbocycles. The largest absolute Gasteiger partial charge is 0.354 e. The van der Waals surface area contributed by atoms with E-state index in [2.05, 4.69) is 10.4 Å². The van der Waals surface area contributed by atoms with E-state index >= 15 is 0 Å². The van der Waals surface area contributed by atoms with Crippen LogP contribution in [0.25, 0.3) is 5.69 Å². The number of hydrogen-bond donors (Lipinski definition) is 2. The summed E-state index contributed by atoms with van der Waals surface area (Å²) in [6.07, 6.45) is 4.64. The Bertz CT molecular complexity index is 840. The lowest BCUT2D eigenvalue weighted by Gasteiger charge is -2.35. The van der Waals surface area contributed by atoms with Crippen molar-refractivity contribution in [3.63, 3.8) is 0 Å². The average molecular weight is 424 g/mol. The SMILES string of the molecule is Cc1c(C(=O)N2CCCCC2CNC(=O)CCN)cnn1-c1ccc(F)cc1.Cl. The Morgan fingerprint density at radius 3 is 2.69 bits per heavy atom. The molecule has 3 rings (SSSR count). The van der Waals surface area contributed by atoms with Crippen LogP contribution in [0.5, 0.6) is 0 Å². The quantitative estimate of drug-likeness (QED) is 0.744. The van der Waals surface area contributed by atoms with Gasteiger partial charge in [0.25, 0.3) is 5.91 Å². The first-order valence-electron chi connectivity index (χ1n) is 9.59. The fourth-order valence-corrected chi connectivity index (χ4v) is 3.55. The molecule has 1 saturated heterocycles. The summed E-state index contributed by atoms with van der Waals surface area (Å²) in [4.78, 5) is 26.7. The van der Waals surface area contributed by atoms with Gasteiger partial charge in [-0.25, -0.2) is 9.07 Å². The molecule has 1 atom stereocenters. The topological polar surface area (TPSA) is 93.2 Å². The third-order valence-corrected chi connectivity index (χ3v) is 5.11. The van der Waals surface area contributed by atoms with E-state index in [-0.39, 0.29) is 42.5 Å². The van der Waals surface area contributed by atoms with Gasteiger partial charge in [0.1, 0.15) is 5.82 Å². The summed E-state index contributed by atoms with van der Waals surface area (Å²) >= 11 is 0. The number of likely N-dealkylation sites (tertiary alicyclic amines) is 1. The summed E-state index contributed by atoms with van der Waals surface area (Å²) in [5.41, 5.74) is 7.33. The van der Waals surface area contributed by atoms with Crippen LogP contribution >= 0.6 is 12.4 Å². The van der Waals surface area contributed by atoms with Gasteiger partial charge >= 0.3 is 0 Å². The maximum absolute atomic E-state index is 13.2. The number of carbonyl (C=O) groups is 2. The normalized spacial score (nSPS) is 16.2. The van der Waals surface area contributed by atoms with Gasteiger partial charge in [-0.1, -0.05) is 0 Å². The zero-order valence-electron chi connectivity index (χ0n) is 16.4. The van der Waals surface area contributed by atoms with E-state index in [9.17, 15) is 14.0 Å². The highest BCUT2D eigenvalue weighted by Gasteiger charge is 2.29. The van der Waals surface area contributed by atoms with Crippen molar-refractivity contribution in [3.8, 4) is 5.69 Å². The van der Waals surface area contributed by atoms with Gasteiger partial charge in [-0.3, -0.25) is 9.59 Å². The van der Waals surface area contributed by atoms with Crippen molar-refractivity contribution >= 4 is 24.2 Å². The Morgan fingerprint density at radius 2 is 2.00 bits per heavy atom. The predicted molar refractivity (Wildman–Crippen MR) is 111 cm³/mol. The minimum Gasteiger partial charge on any atom is -0.354 e. The number of amides is 2. The summed E-state index contributed by atoms with van der Waals surface area (Å²) < 4.78 is 14.8. The molecule has 29 heavy (non-hydrogen) atoms. The second-order valence-electron chi connectivity index (χ2n) is 7.02. The van der Waals surface area contributed by atoms with Crippen molar-refractivity contribution in [2.45, 2.75) is 38.6 Å². The minimum atomic E-state index is -0.322. The van der Waals surface area contributed by atoms with E-state index in [0.717, 1.165) is 19.3 Å². The number of carbonyl (C=O) groups excluding carboxylic acids is 2. The molecule has 7 nitrogen and oxygen atoms in total. The molecule has 9 heteroatoms. The van der Waals surface area contributed by atoms with E-state index < -0.39 is 0 Å². The Kier molecular flexibility index (Phi) is 8.16. The van der Waals surface area contributed by atoms with Gasteiger partial charge < -0.3 is 16.0 Å². The van der Waals surface area contributed by atoms with Crippen molar-refractivity contribution in [2.24, 2.45) is 5.73 Å². The van der Waals surface area contributed by atoms with Crippen molar-refractivity contribution < 1.29 is 14.0 Å². The third kappa shape index (κ3) is 5.33. The lowest BCUT2D eigenvalue weighted by Crippen LogP contribution is -2.49. The molecule has 1 unspecified atom stereocenters. The standard InChI is InChI=1S/C20H26FN5O2.ClH/c1-14-18(13-24-26(14)16-7-5-15(21)6-8-16)20(28)25-11-3-2-4-17(25)12-23-19(27)9-10-22;/h5-8,13,17H,2-4,9-12,22H2,1H3,(H,23,27);1H. The first-order valence-corrected chi connectivity index (χ1v) is 9.59. The van der Waals surface area contributed by atoms with Crippen LogP contribution in [-0.4, -0.2) is 52.2 Å². The van der Waals surface area contributed by atoms with Gasteiger partial charge in [-0.2, -0.15) is 5.10 Å². The molecular formula is C20H27ClFN5O2. The molecule has 158 valence electrons. The first-order chi connectivity index (χ1) is 13.5. The Morgan fingerprint density at radius 1 is 1.28 bits per heavy atom. The monoisotopic (exact) mass is 423 g/mol. The molecule has 0 radical (unpaired) electrons. The van der Waals surface area contributed by atoms with Crippen LogP contribution in [0.3, 0.4) is 0 Å². The number of piperidine rings is 1. The van der Waals surface area contributed by atoms with Crippen molar-refractivity contribution in [3.05, 3.63) is 47.5 Å². The Labute approximate surface area is 175 Å². The minimum absolute atomic E-state index is 0. The van der Waals surface area contributed by atoms with Gasteiger partial charge in [0.2, 0.25) is 5.91 Å². The number of benzene rings is 1. The number of nitrogens with one attached hydrogen (secondary N) is 1. The van der Waals surface area contributed by atoms with Crippen molar-refractivity contribution in [2.75, 3.05) is 19.6 Å². The van der Waals surface area contributed by atoms with Crippen molar-refractivity contribution in [1.82, 2.24) is 20.0 Å². The molecular weight excluding hydrogens is 397 g/mol. The van der Waals surface area contributed by atoms with Crippen LogP contribution in [0, 0.1) is 12.7 Å². The number of halogens is 2. The van der Waals surface area contributed by atoms with E-state index in [1.54, 1.807) is 23.0 Å². The lowest BCUT2D eigenvalue weighted by molar-refractivity contribution is -0.121. The molecule has 2 aromatic rings. The predicted octanol–water partition coefficient (Wildman–Crippen LogP) is 2.20. The smallest absolute Gasteiger partial charge is 0.257 e. The number of nitrogens with zero attached hydrogens (tertiary/aromatic N) is 3. The molecule has 0 bridgehead atoms. The van der Waals surface area contributed by atoms with Crippen LogP contribution < -0.4 is 11.1 Å². The van der Waals surface area contributed by atoms with Gasteiger partial charge in [0.05, 0.1) is 23.1 Å². The molecule has 2 heterocycles. The zero-order valence-corrected chi connectivity index (χ0v) is 17.3. The fraction of sp³-hybridized carbons (Fsp3) is 0.450. The van der Waals surface area contributed by atoms with Crippen molar-refractivity contribution in [1.29, 1.82) is 0 Å². The van der Waals surface area contributed by atoms with Crippen LogP contribution in [0.2, 0.25) is 0 Å². The highest BCUT2D eigenvalue weighted by Crippen LogP contribution is 2.22. The molecule has 2 amide bonds. The summed E-state index contributed by atoms with van der Waals surface area (Å²) in [6, 6.07) is 5.93. The molecule has 3 N–H and O–H groups in total. The number of aromatic nitrogens is 2. The van der Waals surface area contributed by atoms with Gasteiger partial charge in [0.15, 0.2) is 0 Å². The number of hydrogen-bond acceptors (Lipinski definition) is 4. The molecule has 0 spiro atoms. The van der Waals surface area contributed by atoms with Gasteiger partial charge in [-0.15, -0.1) is 12.4 Å². The second kappa shape index (κ2) is 10.4. The van der Waals surface area contributed by atoms with E-state index in [0.29, 0.717) is 36.6 Å². The highest BCUT2D eigenvalue weighted by atomic mass is 35.5. The van der Waals surface area contributed by atoms with E-state index in [1.165, 1.54) is 12.1 Å². The van der Waals surface area contributed by atoms with Gasteiger partial charge in [0, 0.05) is 32.1 Å². The highest BCUT2D eigenvalue weighted by molar-refractivity contribution is 5.95. The molecule has 1 aromatic carbocycles. The fourth-order valence-electron chi connectivity index (χ4n) is 3.55.